The van der Waals surface area contributed by atoms with E-state index in [0.717, 1.165) is 32.0 Å². The van der Waals surface area contributed by atoms with E-state index in [-0.39, 0.29) is 40.8 Å². The predicted octanol–water partition coefficient (Wildman–Crippen LogP) is 6.90. The highest BCUT2D eigenvalue weighted by Gasteiger charge is 2.36. The van der Waals surface area contributed by atoms with Crippen molar-refractivity contribution < 1.29 is 31.4 Å². The van der Waals surface area contributed by atoms with Crippen LogP contribution in [-0.4, -0.2) is 68.8 Å². The Kier molecular flexibility index (Phi) is 9.44. The number of guanidine groups is 1. The zero-order valence-electron chi connectivity index (χ0n) is 24.4. The molecule has 228 valence electrons. The van der Waals surface area contributed by atoms with Gasteiger partial charge in [-0.05, 0) is 89.5 Å². The summed E-state index contributed by atoms with van der Waals surface area (Å²) in [5.74, 6) is -2.11. The largest absolute Gasteiger partial charge is 0.573 e. The number of nitrogens with one attached hydrogen (secondary N) is 1. The summed E-state index contributed by atoms with van der Waals surface area (Å²) >= 11 is 0. The Balaban J connectivity index is 1.69. The van der Waals surface area contributed by atoms with E-state index in [4.69, 9.17) is 4.74 Å². The van der Waals surface area contributed by atoms with Crippen LogP contribution in [0.2, 0.25) is 0 Å². The van der Waals surface area contributed by atoms with Gasteiger partial charge in [-0.1, -0.05) is 12.6 Å². The number of nitrogens with zero attached hydrogens (tertiary/aromatic N) is 4. The van der Waals surface area contributed by atoms with E-state index < -0.39 is 24.0 Å². The Hall–Kier alpha value is -3.67. The average Bonchev–Trinajstić information content (AvgIpc) is 2.90. The minimum absolute atomic E-state index is 0.0314. The maximum Gasteiger partial charge on any atom is 0.573 e. The van der Waals surface area contributed by atoms with E-state index >= 15 is 4.39 Å². The third-order valence-corrected chi connectivity index (χ3v) is 7.34. The smallest absolute Gasteiger partial charge is 0.483 e. The lowest BCUT2D eigenvalue weighted by atomic mass is 9.89. The number of anilines is 2. The number of allylic oxidation sites excluding steroid dienone is 1. The van der Waals surface area contributed by atoms with Crippen molar-refractivity contribution in [2.24, 2.45) is 9.98 Å². The molecule has 1 saturated heterocycles. The van der Waals surface area contributed by atoms with Crippen LogP contribution in [0.25, 0.3) is 0 Å². The second-order valence-corrected chi connectivity index (χ2v) is 10.9. The highest BCUT2D eigenvalue weighted by atomic mass is 19.4. The summed E-state index contributed by atoms with van der Waals surface area (Å²) in [6, 6.07) is 7.11. The Morgan fingerprint density at radius 1 is 1.17 bits per heavy atom. The molecule has 1 N–H and O–H groups in total. The summed E-state index contributed by atoms with van der Waals surface area (Å²) in [6.45, 7) is 11.0. The molecule has 1 atom stereocenters. The number of benzene rings is 2. The Morgan fingerprint density at radius 2 is 1.86 bits per heavy atom. The van der Waals surface area contributed by atoms with Gasteiger partial charge in [0.1, 0.15) is 23.5 Å². The average molecular weight is 594 g/mol. The number of hydrogen-bond donors (Lipinski definition) is 1. The van der Waals surface area contributed by atoms with Crippen LogP contribution in [0.5, 0.6) is 11.5 Å². The van der Waals surface area contributed by atoms with Crippen LogP contribution in [0.4, 0.5) is 33.3 Å². The first-order valence-electron chi connectivity index (χ1n) is 13.8. The van der Waals surface area contributed by atoms with E-state index in [2.05, 4.69) is 31.5 Å². The number of halogens is 5. The maximum atomic E-state index is 15.1. The molecule has 2 heterocycles. The molecule has 1 unspecified atom stereocenters. The van der Waals surface area contributed by atoms with Crippen LogP contribution in [-0.2, 0) is 0 Å². The molecule has 2 aromatic carbocycles. The first kappa shape index (κ1) is 31.3. The van der Waals surface area contributed by atoms with Crippen LogP contribution in [0.15, 0.2) is 52.7 Å². The normalized spacial score (nSPS) is 19.0. The quantitative estimate of drug-likeness (QED) is 0.224. The van der Waals surface area contributed by atoms with Crippen LogP contribution >= 0.6 is 0 Å². The number of aliphatic imine (C=N–C) groups is 2. The lowest BCUT2D eigenvalue weighted by Crippen LogP contribution is -2.42. The van der Waals surface area contributed by atoms with Gasteiger partial charge < -0.3 is 24.6 Å². The molecule has 0 spiro atoms. The summed E-state index contributed by atoms with van der Waals surface area (Å²) in [5, 5.41) is 2.87. The third kappa shape index (κ3) is 7.39. The van der Waals surface area contributed by atoms with Gasteiger partial charge in [-0.2, -0.15) is 0 Å². The molecule has 12 heteroatoms. The lowest BCUT2D eigenvalue weighted by molar-refractivity contribution is -0.275. The van der Waals surface area contributed by atoms with Crippen LogP contribution < -0.4 is 19.7 Å². The molecule has 4 rings (SSSR count). The van der Waals surface area contributed by atoms with Gasteiger partial charge in [0.25, 0.3) is 0 Å². The fourth-order valence-corrected chi connectivity index (χ4v) is 5.27. The number of alkyl halides is 3. The van der Waals surface area contributed by atoms with Crippen molar-refractivity contribution in [2.45, 2.75) is 58.0 Å². The number of fused-ring (bicyclic) bond motifs is 1. The molecule has 1 fully saturated rings. The molecular formula is C30H36F5N5O2. The first-order chi connectivity index (χ1) is 19.8. The van der Waals surface area contributed by atoms with E-state index in [1.165, 1.54) is 19.2 Å². The maximum absolute atomic E-state index is 15.1. The summed E-state index contributed by atoms with van der Waals surface area (Å²) < 4.78 is 80.2. The molecule has 0 amide bonds. The molecule has 0 saturated carbocycles. The SMILES string of the molecule is C=C(F)C(=NC(=NC)Nc1ccc(C2CCN(C)CC2)c(F)c1)c1cc(OC(F)(F)F)c2c(c1)N(C(C)C)CC(C)O2. The van der Waals surface area contributed by atoms with Gasteiger partial charge in [0, 0.05) is 24.3 Å². The zero-order chi connectivity index (χ0) is 30.8. The van der Waals surface area contributed by atoms with Crippen LogP contribution in [0.1, 0.15) is 50.7 Å². The van der Waals surface area contributed by atoms with Gasteiger partial charge in [0.2, 0.25) is 5.96 Å². The minimum Gasteiger partial charge on any atom is -0.483 e. The third-order valence-electron chi connectivity index (χ3n) is 7.34. The summed E-state index contributed by atoms with van der Waals surface area (Å²) in [6.07, 6.45) is -3.73. The summed E-state index contributed by atoms with van der Waals surface area (Å²) in [4.78, 5) is 12.3. The van der Waals surface area contributed by atoms with Crippen molar-refractivity contribution in [1.29, 1.82) is 0 Å². The van der Waals surface area contributed by atoms with Gasteiger partial charge in [0.05, 0.1) is 12.2 Å². The lowest BCUT2D eigenvalue weighted by Gasteiger charge is -2.38. The molecule has 2 aliphatic heterocycles. The Bertz CT molecular complexity index is 1370. The van der Waals surface area contributed by atoms with E-state index in [1.807, 2.05) is 25.8 Å². The van der Waals surface area contributed by atoms with E-state index in [9.17, 15) is 17.6 Å². The predicted molar refractivity (Wildman–Crippen MR) is 155 cm³/mol. The van der Waals surface area contributed by atoms with E-state index in [0.29, 0.717) is 23.5 Å². The number of hydrogen-bond acceptors (Lipinski definition) is 5. The highest BCUT2D eigenvalue weighted by molar-refractivity contribution is 6.17. The number of piperidine rings is 1. The second-order valence-electron chi connectivity index (χ2n) is 10.9. The van der Waals surface area contributed by atoms with Crippen LogP contribution in [0, 0.1) is 5.82 Å². The number of ether oxygens (including phenoxy) is 2. The minimum atomic E-state index is -5.02. The second kappa shape index (κ2) is 12.7. The molecule has 42 heavy (non-hydrogen) atoms. The van der Waals surface area contributed by atoms with E-state index in [1.54, 1.807) is 19.1 Å². The van der Waals surface area contributed by atoms with Gasteiger partial charge in [-0.15, -0.1) is 13.2 Å². The number of rotatable bonds is 6. The molecular weight excluding hydrogens is 557 g/mol. The highest BCUT2D eigenvalue weighted by Crippen LogP contribution is 2.45. The molecule has 2 aromatic rings. The Labute approximate surface area is 242 Å². The molecule has 0 radical (unpaired) electrons. The van der Waals surface area contributed by atoms with Crippen molar-refractivity contribution in [3.63, 3.8) is 0 Å². The fourth-order valence-electron chi connectivity index (χ4n) is 5.27. The standard InChI is InChI=1S/C30H36F5N5O2/c1-17(2)40-16-18(3)41-28-25(40)13-21(14-26(28)42-30(33,34)35)27(19(4)31)38-29(36-5)37-22-7-8-23(24(32)15-22)20-9-11-39(6)12-10-20/h7-8,13-15,17-18,20H,4,9-12,16H2,1-3,5-6H3,(H,36,37). The zero-order valence-corrected chi connectivity index (χ0v) is 24.4. The summed E-state index contributed by atoms with van der Waals surface area (Å²) in [7, 11) is 3.43. The molecule has 7 nitrogen and oxygen atoms in total. The van der Waals surface area contributed by atoms with Crippen molar-refractivity contribution in [2.75, 3.05) is 43.9 Å². The monoisotopic (exact) mass is 593 g/mol. The molecule has 2 aliphatic rings. The summed E-state index contributed by atoms with van der Waals surface area (Å²) in [5.41, 5.74) is 0.850. The van der Waals surface area contributed by atoms with Crippen molar-refractivity contribution in [1.82, 2.24) is 4.90 Å². The van der Waals surface area contributed by atoms with Gasteiger partial charge in [0.15, 0.2) is 11.5 Å². The Morgan fingerprint density at radius 3 is 2.43 bits per heavy atom. The first-order valence-corrected chi connectivity index (χ1v) is 13.8. The fraction of sp³-hybridized carbons (Fsp3) is 0.467. The topological polar surface area (TPSA) is 61.7 Å². The van der Waals surface area contributed by atoms with Crippen molar-refractivity contribution >= 4 is 23.0 Å². The van der Waals surface area contributed by atoms with Crippen molar-refractivity contribution in [3.05, 3.63) is 59.7 Å². The molecule has 0 aliphatic carbocycles. The molecule has 0 aromatic heterocycles. The molecule has 0 bridgehead atoms. The van der Waals surface area contributed by atoms with Crippen LogP contribution in [0.3, 0.4) is 0 Å². The van der Waals surface area contributed by atoms with Crippen molar-refractivity contribution in [3.8, 4) is 11.5 Å². The van der Waals surface area contributed by atoms with Gasteiger partial charge in [-0.3, -0.25) is 4.99 Å². The van der Waals surface area contributed by atoms with Gasteiger partial charge >= 0.3 is 6.36 Å². The number of likely N-dealkylation sites (tertiary alicyclic amines) is 1. The van der Waals surface area contributed by atoms with Gasteiger partial charge in [-0.25, -0.2) is 13.8 Å².